The van der Waals surface area contributed by atoms with Gasteiger partial charge in [0.1, 0.15) is 29.7 Å². The van der Waals surface area contributed by atoms with Crippen molar-refractivity contribution in [3.05, 3.63) is 51.2 Å². The van der Waals surface area contributed by atoms with Gasteiger partial charge in [0.05, 0.1) is 29.2 Å². The first-order valence-corrected chi connectivity index (χ1v) is 14.1. The highest BCUT2D eigenvalue weighted by molar-refractivity contribution is 6.13. The first-order chi connectivity index (χ1) is 19.1. The van der Waals surface area contributed by atoms with Gasteiger partial charge in [-0.05, 0) is 70.0 Å². The molecule has 4 aliphatic carbocycles. The summed E-state index contributed by atoms with van der Waals surface area (Å²) in [6, 6.07) is 0.900. The third-order valence-electron chi connectivity index (χ3n) is 9.70. The molecular formula is C30H38FN3O6. The van der Waals surface area contributed by atoms with Gasteiger partial charge in [0.2, 0.25) is 5.91 Å². The molecule has 1 saturated heterocycles. The van der Waals surface area contributed by atoms with E-state index in [2.05, 4.69) is 4.90 Å². The number of ether oxygens (including phenoxy) is 2. The molecular weight excluding hydrogens is 517 g/mol. The van der Waals surface area contributed by atoms with Crippen LogP contribution in [0.3, 0.4) is 0 Å². The SMILES string of the molecule is COCCN(Cc1cc(O)c2c(c1F)C[C@H]1C[C@H]3[C@H](N(C)C)C(O)=C(C(N)=O)C[C@]34COC4=C1C2=O)CC1CC1. The minimum atomic E-state index is -0.690. The Morgan fingerprint density at radius 2 is 2.05 bits per heavy atom. The lowest BCUT2D eigenvalue weighted by Crippen LogP contribution is -2.61. The van der Waals surface area contributed by atoms with Crippen LogP contribution < -0.4 is 5.73 Å². The van der Waals surface area contributed by atoms with E-state index in [4.69, 9.17) is 15.2 Å². The van der Waals surface area contributed by atoms with E-state index in [0.717, 1.165) is 6.54 Å². The molecule has 1 saturated carbocycles. The molecule has 1 aromatic rings. The van der Waals surface area contributed by atoms with E-state index in [-0.39, 0.29) is 52.9 Å². The number of hydrogen-bond acceptors (Lipinski definition) is 8. The Morgan fingerprint density at radius 3 is 2.65 bits per heavy atom. The highest BCUT2D eigenvalue weighted by Gasteiger charge is 2.64. The van der Waals surface area contributed by atoms with Crippen molar-refractivity contribution in [1.29, 1.82) is 0 Å². The first kappa shape index (κ1) is 27.2. The molecule has 5 aliphatic rings. The molecule has 4 atom stereocenters. The second-order valence-electron chi connectivity index (χ2n) is 12.5. The minimum Gasteiger partial charge on any atom is -0.510 e. The van der Waals surface area contributed by atoms with E-state index >= 15 is 4.39 Å². The molecule has 1 heterocycles. The van der Waals surface area contributed by atoms with Gasteiger partial charge in [-0.1, -0.05) is 0 Å². The molecule has 1 aliphatic heterocycles. The molecule has 1 spiro atoms. The number of benzene rings is 1. The largest absolute Gasteiger partial charge is 0.510 e. The van der Waals surface area contributed by atoms with E-state index in [1.807, 2.05) is 19.0 Å². The molecule has 1 amide bonds. The number of rotatable bonds is 9. The van der Waals surface area contributed by atoms with Crippen molar-refractivity contribution < 1.29 is 33.7 Å². The van der Waals surface area contributed by atoms with Crippen molar-refractivity contribution >= 4 is 11.7 Å². The van der Waals surface area contributed by atoms with E-state index in [9.17, 15) is 19.8 Å². The van der Waals surface area contributed by atoms with Crippen molar-refractivity contribution in [3.8, 4) is 5.75 Å². The van der Waals surface area contributed by atoms with Crippen LogP contribution in [0.1, 0.15) is 47.2 Å². The fraction of sp³-hybridized carbons (Fsp3) is 0.600. The van der Waals surface area contributed by atoms with Crippen LogP contribution in [0.5, 0.6) is 5.75 Å². The number of primary amides is 1. The number of aromatic hydroxyl groups is 1. The third-order valence-corrected chi connectivity index (χ3v) is 9.70. The molecule has 6 rings (SSSR count). The van der Waals surface area contributed by atoms with Gasteiger partial charge in [-0.3, -0.25) is 19.4 Å². The molecule has 0 aromatic heterocycles. The molecule has 0 unspecified atom stereocenters. The van der Waals surface area contributed by atoms with Crippen LogP contribution in [0.15, 0.2) is 28.7 Å². The number of nitrogens with two attached hydrogens (primary N) is 1. The zero-order valence-corrected chi connectivity index (χ0v) is 23.3. The lowest BCUT2D eigenvalue weighted by Gasteiger charge is -2.59. The lowest BCUT2D eigenvalue weighted by atomic mass is 9.52. The average molecular weight is 556 g/mol. The predicted molar refractivity (Wildman–Crippen MR) is 144 cm³/mol. The third kappa shape index (κ3) is 4.14. The van der Waals surface area contributed by atoms with Crippen molar-refractivity contribution in [2.45, 2.75) is 44.7 Å². The van der Waals surface area contributed by atoms with Crippen LogP contribution in [-0.2, 0) is 27.2 Å². The van der Waals surface area contributed by atoms with Crippen LogP contribution in [0.25, 0.3) is 0 Å². The number of phenols is 1. The molecule has 0 radical (unpaired) electrons. The topological polar surface area (TPSA) is 126 Å². The average Bonchev–Trinajstić information content (AvgIpc) is 3.69. The summed E-state index contributed by atoms with van der Waals surface area (Å²) in [4.78, 5) is 30.2. The summed E-state index contributed by atoms with van der Waals surface area (Å²) in [7, 11) is 5.30. The van der Waals surface area contributed by atoms with Crippen LogP contribution in [0.4, 0.5) is 4.39 Å². The lowest BCUT2D eigenvalue weighted by molar-refractivity contribution is -0.128. The number of ketones is 1. The molecule has 4 N–H and O–H groups in total. The van der Waals surface area contributed by atoms with Gasteiger partial charge in [-0.15, -0.1) is 0 Å². The molecule has 0 bridgehead atoms. The van der Waals surface area contributed by atoms with E-state index in [0.29, 0.717) is 55.5 Å². The standard InChI is InChI=1S/C30H38FN3O6/c1-33(2)25-20-9-16-8-18-23(21(35)10-17(24(18)31)13-34(6-7-39-3)12-15-4-5-15)27(37)22(16)28-30(20,14-40-28)11-19(26(25)36)29(32)38/h10,15-16,20,25,35-36H,4-9,11-14H2,1-3H3,(H2,32,38)/t16-,20-,25-,30-/m0/s1. The second kappa shape index (κ2) is 9.85. The summed E-state index contributed by atoms with van der Waals surface area (Å²) in [5.74, 6) is -1.19. The number of hydrogen-bond donors (Lipinski definition) is 3. The second-order valence-corrected chi connectivity index (χ2v) is 12.5. The smallest absolute Gasteiger partial charge is 0.248 e. The van der Waals surface area contributed by atoms with Crippen molar-refractivity contribution in [2.75, 3.05) is 47.5 Å². The Balaban J connectivity index is 1.38. The van der Waals surface area contributed by atoms with Crippen molar-refractivity contribution in [3.63, 3.8) is 0 Å². The van der Waals surface area contributed by atoms with Gasteiger partial charge in [0, 0.05) is 43.4 Å². The van der Waals surface area contributed by atoms with Crippen LogP contribution in [0, 0.1) is 29.0 Å². The molecule has 1 aromatic carbocycles. The number of methoxy groups -OCH3 is 1. The summed E-state index contributed by atoms with van der Waals surface area (Å²) in [5, 5.41) is 22.1. The number of allylic oxidation sites excluding steroid dienone is 1. The molecule has 216 valence electrons. The van der Waals surface area contributed by atoms with Gasteiger partial charge in [-0.25, -0.2) is 4.39 Å². The Hall–Kier alpha value is -2.95. The summed E-state index contributed by atoms with van der Waals surface area (Å²) in [5.41, 5.74) is 6.23. The van der Waals surface area contributed by atoms with E-state index < -0.39 is 29.0 Å². The maximum Gasteiger partial charge on any atom is 0.248 e. The number of Topliss-reactive ketones (excluding diaryl/α,β-unsaturated/α-hetero) is 1. The number of aliphatic hydroxyl groups excluding tert-OH is 1. The number of likely N-dealkylation sites (N-methyl/N-ethyl adjacent to an activating group) is 1. The first-order valence-electron chi connectivity index (χ1n) is 14.1. The van der Waals surface area contributed by atoms with Crippen molar-refractivity contribution in [2.24, 2.45) is 28.9 Å². The zero-order chi connectivity index (χ0) is 28.5. The fourth-order valence-corrected chi connectivity index (χ4v) is 7.61. The number of phenolic OH excluding ortho intramolecular Hbond substituents is 1. The van der Waals surface area contributed by atoms with E-state index in [1.165, 1.54) is 18.9 Å². The number of halogens is 1. The number of carbonyl (C=O) groups is 2. The van der Waals surface area contributed by atoms with Crippen LogP contribution in [0.2, 0.25) is 0 Å². The Morgan fingerprint density at radius 1 is 1.30 bits per heavy atom. The van der Waals surface area contributed by atoms with Gasteiger partial charge >= 0.3 is 0 Å². The maximum absolute atomic E-state index is 16.2. The number of amides is 1. The van der Waals surface area contributed by atoms with Gasteiger partial charge in [0.25, 0.3) is 0 Å². The summed E-state index contributed by atoms with van der Waals surface area (Å²) in [6.45, 7) is 2.65. The summed E-state index contributed by atoms with van der Waals surface area (Å²) < 4.78 is 27.4. The minimum absolute atomic E-state index is 0.00298. The Bertz CT molecular complexity index is 1330. The highest BCUT2D eigenvalue weighted by Crippen LogP contribution is 2.63. The number of nitrogens with zero attached hydrogens (tertiary/aromatic N) is 2. The normalized spacial score (nSPS) is 29.1. The monoisotopic (exact) mass is 555 g/mol. The molecule has 10 heteroatoms. The number of aliphatic hydroxyl groups is 1. The Labute approximate surface area is 233 Å². The van der Waals surface area contributed by atoms with Gasteiger partial charge in [0.15, 0.2) is 5.78 Å². The molecule has 9 nitrogen and oxygen atoms in total. The quantitative estimate of drug-likeness (QED) is 0.425. The van der Waals surface area contributed by atoms with Crippen LogP contribution >= 0.6 is 0 Å². The summed E-state index contributed by atoms with van der Waals surface area (Å²) >= 11 is 0. The maximum atomic E-state index is 16.2. The zero-order valence-electron chi connectivity index (χ0n) is 23.3. The number of fused-ring (bicyclic) bond motifs is 2. The van der Waals surface area contributed by atoms with Gasteiger partial charge in [-0.2, -0.15) is 0 Å². The highest BCUT2D eigenvalue weighted by atomic mass is 19.1. The molecule has 2 fully saturated rings. The van der Waals surface area contributed by atoms with Crippen molar-refractivity contribution in [1.82, 2.24) is 9.80 Å². The Kier molecular flexibility index (Phi) is 6.71. The molecule has 40 heavy (non-hydrogen) atoms. The van der Waals surface area contributed by atoms with E-state index in [1.54, 1.807) is 7.11 Å². The van der Waals surface area contributed by atoms with Gasteiger partial charge < -0.3 is 25.4 Å². The number of carbonyl (C=O) groups excluding carboxylic acids is 2. The fourth-order valence-electron chi connectivity index (χ4n) is 7.61. The predicted octanol–water partition coefficient (Wildman–Crippen LogP) is 2.67. The summed E-state index contributed by atoms with van der Waals surface area (Å²) in [6.07, 6.45) is 3.28. The van der Waals surface area contributed by atoms with Crippen LogP contribution in [-0.4, -0.2) is 85.3 Å².